The minimum Gasteiger partial charge on any atom is -0.479 e. The smallest absolute Gasteiger partial charge is 0.333 e. The largest absolute Gasteiger partial charge is 0.479 e. The van der Waals surface area contributed by atoms with Crippen molar-refractivity contribution < 1.29 is 23.4 Å². The van der Waals surface area contributed by atoms with Gasteiger partial charge in [-0.1, -0.05) is 0 Å². The minimum atomic E-state index is -2.96. The molecular weight excluding hydrogens is 146 g/mol. The van der Waals surface area contributed by atoms with E-state index in [1.807, 2.05) is 0 Å². The quantitative estimate of drug-likeness (QED) is 0.594. The molecule has 0 aromatic rings. The van der Waals surface area contributed by atoms with Crippen LogP contribution in [0.5, 0.6) is 0 Å². The number of aliphatic carboxylic acids is 1. The molecule has 0 aliphatic carbocycles. The lowest BCUT2D eigenvalue weighted by molar-refractivity contribution is -0.147. The Morgan fingerprint density at radius 1 is 1.70 bits per heavy atom. The summed E-state index contributed by atoms with van der Waals surface area (Å²) in [6.07, 6.45) is -2.03. The molecule has 1 aliphatic rings. The van der Waals surface area contributed by atoms with Crippen LogP contribution in [0.1, 0.15) is 6.42 Å². The van der Waals surface area contributed by atoms with E-state index in [-0.39, 0.29) is 0 Å². The molecule has 0 radical (unpaired) electrons. The molecular formula is C5H6F2O3. The van der Waals surface area contributed by atoms with E-state index in [1.165, 1.54) is 0 Å². The molecule has 0 aromatic carbocycles. The number of alkyl halides is 2. The van der Waals surface area contributed by atoms with E-state index in [1.54, 1.807) is 0 Å². The first-order valence-electron chi connectivity index (χ1n) is 2.73. The second-order valence-corrected chi connectivity index (χ2v) is 2.20. The van der Waals surface area contributed by atoms with Crippen LogP contribution in [0.3, 0.4) is 0 Å². The summed E-state index contributed by atoms with van der Waals surface area (Å²) in [5.41, 5.74) is 0. The lowest BCUT2D eigenvalue weighted by atomic mass is 10.2. The molecule has 1 atom stereocenters. The fraction of sp³-hybridized carbons (Fsp3) is 0.800. The first-order chi connectivity index (χ1) is 4.51. The van der Waals surface area contributed by atoms with E-state index in [2.05, 4.69) is 4.74 Å². The average molecular weight is 152 g/mol. The maximum absolute atomic E-state index is 12.2. The fourth-order valence-corrected chi connectivity index (χ4v) is 0.770. The van der Waals surface area contributed by atoms with E-state index >= 15 is 0 Å². The standard InChI is InChI=1S/C5H6F2O3/c6-5(7)1-3(4(8)9)10-2-5/h3H,1-2H2,(H,8,9)/t3-/m0/s1. The minimum absolute atomic E-state index is 0.706. The molecule has 0 amide bonds. The lowest BCUT2D eigenvalue weighted by Crippen LogP contribution is -2.20. The molecule has 1 saturated heterocycles. The molecule has 0 saturated carbocycles. The number of rotatable bonds is 1. The highest BCUT2D eigenvalue weighted by atomic mass is 19.3. The summed E-state index contributed by atoms with van der Waals surface area (Å²) in [5.74, 6) is -4.28. The molecule has 1 fully saturated rings. The Kier molecular flexibility index (Phi) is 1.60. The number of hydrogen-bond acceptors (Lipinski definition) is 2. The summed E-state index contributed by atoms with van der Waals surface area (Å²) in [4.78, 5) is 10.0. The number of hydrogen-bond donors (Lipinski definition) is 1. The second kappa shape index (κ2) is 2.16. The molecule has 0 spiro atoms. The van der Waals surface area contributed by atoms with E-state index in [0.29, 0.717) is 0 Å². The van der Waals surface area contributed by atoms with Gasteiger partial charge in [-0.15, -0.1) is 0 Å². The van der Waals surface area contributed by atoms with Gasteiger partial charge in [0.05, 0.1) is 6.42 Å². The summed E-state index contributed by atoms with van der Waals surface area (Å²) < 4.78 is 28.6. The highest BCUT2D eigenvalue weighted by Crippen LogP contribution is 2.29. The van der Waals surface area contributed by atoms with Crippen molar-refractivity contribution in [1.29, 1.82) is 0 Å². The number of ether oxygens (including phenoxy) is 1. The molecule has 3 nitrogen and oxygen atoms in total. The van der Waals surface area contributed by atoms with Crippen LogP contribution in [0.15, 0.2) is 0 Å². The summed E-state index contributed by atoms with van der Waals surface area (Å²) in [5, 5.41) is 8.19. The van der Waals surface area contributed by atoms with Crippen molar-refractivity contribution in [3.8, 4) is 0 Å². The van der Waals surface area contributed by atoms with Gasteiger partial charge in [-0.05, 0) is 0 Å². The summed E-state index contributed by atoms with van der Waals surface area (Å²) in [6.45, 7) is -0.774. The van der Waals surface area contributed by atoms with Crippen LogP contribution in [-0.4, -0.2) is 29.7 Å². The Morgan fingerprint density at radius 3 is 2.50 bits per heavy atom. The molecule has 1 rings (SSSR count). The van der Waals surface area contributed by atoms with Gasteiger partial charge in [0, 0.05) is 0 Å². The highest BCUT2D eigenvalue weighted by molar-refractivity contribution is 5.72. The topological polar surface area (TPSA) is 46.5 Å². The Bertz CT molecular complexity index is 157. The maximum Gasteiger partial charge on any atom is 0.333 e. The molecule has 0 aromatic heterocycles. The van der Waals surface area contributed by atoms with Gasteiger partial charge < -0.3 is 9.84 Å². The zero-order valence-corrected chi connectivity index (χ0v) is 5.01. The third kappa shape index (κ3) is 1.41. The molecule has 1 heterocycles. The lowest BCUT2D eigenvalue weighted by Gasteiger charge is -2.02. The van der Waals surface area contributed by atoms with Gasteiger partial charge in [-0.25, -0.2) is 13.6 Å². The summed E-state index contributed by atoms with van der Waals surface area (Å²) in [7, 11) is 0. The SMILES string of the molecule is O=C(O)[C@@H]1CC(F)(F)CO1. The van der Waals surface area contributed by atoms with Crippen molar-refractivity contribution in [2.24, 2.45) is 0 Å². The van der Waals surface area contributed by atoms with Crippen LogP contribution in [0.2, 0.25) is 0 Å². The molecule has 5 heteroatoms. The Hall–Kier alpha value is -0.710. The van der Waals surface area contributed by atoms with E-state index < -0.39 is 31.0 Å². The predicted octanol–water partition coefficient (Wildman–Crippen LogP) is 0.495. The monoisotopic (exact) mass is 152 g/mol. The van der Waals surface area contributed by atoms with Gasteiger partial charge in [0.1, 0.15) is 6.61 Å². The van der Waals surface area contributed by atoms with Gasteiger partial charge in [0.15, 0.2) is 6.10 Å². The maximum atomic E-state index is 12.2. The van der Waals surface area contributed by atoms with Gasteiger partial charge in [-0.3, -0.25) is 0 Å². The number of carboxylic acid groups (broad SMARTS) is 1. The molecule has 1 N–H and O–H groups in total. The molecule has 10 heavy (non-hydrogen) atoms. The average Bonchev–Trinajstić information content (AvgIpc) is 2.10. The predicted molar refractivity (Wildman–Crippen MR) is 26.9 cm³/mol. The normalized spacial score (nSPS) is 30.4. The molecule has 1 aliphatic heterocycles. The fourth-order valence-electron chi connectivity index (χ4n) is 0.770. The third-order valence-electron chi connectivity index (χ3n) is 1.26. The molecule has 0 bridgehead atoms. The zero-order chi connectivity index (χ0) is 7.78. The van der Waals surface area contributed by atoms with Gasteiger partial charge in [0.25, 0.3) is 5.92 Å². The zero-order valence-electron chi connectivity index (χ0n) is 5.01. The van der Waals surface area contributed by atoms with Crippen LogP contribution in [0.4, 0.5) is 8.78 Å². The molecule has 0 unspecified atom stereocenters. The number of carbonyl (C=O) groups is 1. The van der Waals surface area contributed by atoms with Crippen LogP contribution < -0.4 is 0 Å². The Labute approximate surface area is 55.6 Å². The van der Waals surface area contributed by atoms with Crippen LogP contribution in [-0.2, 0) is 9.53 Å². The van der Waals surface area contributed by atoms with Crippen molar-refractivity contribution in [2.45, 2.75) is 18.4 Å². The Balaban J connectivity index is 2.51. The van der Waals surface area contributed by atoms with Crippen molar-refractivity contribution in [3.63, 3.8) is 0 Å². The number of halogens is 2. The van der Waals surface area contributed by atoms with Crippen molar-refractivity contribution in [1.82, 2.24) is 0 Å². The highest BCUT2D eigenvalue weighted by Gasteiger charge is 2.43. The van der Waals surface area contributed by atoms with Gasteiger partial charge >= 0.3 is 5.97 Å². The number of carboxylic acids is 1. The van der Waals surface area contributed by atoms with Crippen LogP contribution in [0, 0.1) is 0 Å². The summed E-state index contributed by atoms with van der Waals surface area (Å²) >= 11 is 0. The van der Waals surface area contributed by atoms with Crippen molar-refractivity contribution >= 4 is 5.97 Å². The van der Waals surface area contributed by atoms with E-state index in [4.69, 9.17) is 5.11 Å². The van der Waals surface area contributed by atoms with E-state index in [0.717, 1.165) is 0 Å². The van der Waals surface area contributed by atoms with Gasteiger partial charge in [0.2, 0.25) is 0 Å². The van der Waals surface area contributed by atoms with E-state index in [9.17, 15) is 13.6 Å². The first-order valence-corrected chi connectivity index (χ1v) is 2.73. The summed E-state index contributed by atoms with van der Waals surface area (Å²) in [6, 6.07) is 0. The van der Waals surface area contributed by atoms with Crippen molar-refractivity contribution in [3.05, 3.63) is 0 Å². The van der Waals surface area contributed by atoms with Gasteiger partial charge in [-0.2, -0.15) is 0 Å². The Morgan fingerprint density at radius 2 is 2.30 bits per heavy atom. The first kappa shape index (κ1) is 7.40. The van der Waals surface area contributed by atoms with Crippen molar-refractivity contribution in [2.75, 3.05) is 6.61 Å². The van der Waals surface area contributed by atoms with Crippen LogP contribution >= 0.6 is 0 Å². The second-order valence-electron chi connectivity index (χ2n) is 2.20. The third-order valence-corrected chi connectivity index (χ3v) is 1.26. The molecule has 58 valence electrons. The van der Waals surface area contributed by atoms with Crippen LogP contribution in [0.25, 0.3) is 0 Å².